The van der Waals surface area contributed by atoms with E-state index in [1.54, 1.807) is 19.9 Å². The second kappa shape index (κ2) is 8.10. The average Bonchev–Trinajstić information content (AvgIpc) is 3.16. The van der Waals surface area contributed by atoms with E-state index in [0.717, 1.165) is 0 Å². The molecule has 0 bridgehead atoms. The molecule has 2 heterocycles. The van der Waals surface area contributed by atoms with Gasteiger partial charge in [0, 0.05) is 25.8 Å². The van der Waals surface area contributed by atoms with Crippen molar-refractivity contribution in [2.24, 2.45) is 0 Å². The van der Waals surface area contributed by atoms with Gasteiger partial charge in [0.2, 0.25) is 5.78 Å². The predicted octanol–water partition coefficient (Wildman–Crippen LogP) is 2.89. The first-order valence-electron chi connectivity index (χ1n) is 8.72. The highest BCUT2D eigenvalue weighted by atomic mass is 32.1. The van der Waals surface area contributed by atoms with Crippen molar-refractivity contribution in [3.8, 4) is 0 Å². The van der Waals surface area contributed by atoms with Gasteiger partial charge in [-0.25, -0.2) is 4.98 Å². The maximum Gasteiger partial charge on any atom is 0.290 e. The van der Waals surface area contributed by atoms with E-state index in [-0.39, 0.29) is 24.4 Å². The molecule has 0 saturated heterocycles. The molecule has 1 N–H and O–H groups in total. The molecule has 1 aliphatic heterocycles. The summed E-state index contributed by atoms with van der Waals surface area (Å²) >= 11 is 1.17. The van der Waals surface area contributed by atoms with Gasteiger partial charge in [-0.2, -0.15) is 0 Å². The molecule has 1 aromatic heterocycles. The highest BCUT2D eigenvalue weighted by Crippen LogP contribution is 2.40. The highest BCUT2D eigenvalue weighted by Gasteiger charge is 2.44. The van der Waals surface area contributed by atoms with Gasteiger partial charge in [-0.1, -0.05) is 12.1 Å². The van der Waals surface area contributed by atoms with Crippen molar-refractivity contribution in [2.75, 3.05) is 20.3 Å². The number of ketones is 1. The molecule has 1 amide bonds. The molecule has 29 heavy (non-hydrogen) atoms. The number of rotatable bonds is 7. The molecule has 0 aliphatic carbocycles. The molecule has 2 aromatic rings. The average molecular weight is 417 g/mol. The number of non-ortho nitro benzene ring substituents is 1. The number of ether oxygens (including phenoxy) is 1. The molecule has 0 fully saturated rings. The van der Waals surface area contributed by atoms with Gasteiger partial charge in [-0.3, -0.25) is 19.7 Å². The first kappa shape index (κ1) is 20.6. The number of aliphatic hydroxyl groups is 1. The zero-order valence-corrected chi connectivity index (χ0v) is 16.9. The fourth-order valence-electron chi connectivity index (χ4n) is 3.33. The van der Waals surface area contributed by atoms with Gasteiger partial charge in [0.05, 0.1) is 38.7 Å². The minimum Gasteiger partial charge on any atom is -0.503 e. The Balaban J connectivity index is 2.14. The van der Waals surface area contributed by atoms with Crippen molar-refractivity contribution in [2.45, 2.75) is 19.9 Å². The maximum atomic E-state index is 13.3. The molecule has 10 heteroatoms. The molecule has 3 rings (SSSR count). The van der Waals surface area contributed by atoms with E-state index in [1.807, 2.05) is 0 Å². The van der Waals surface area contributed by atoms with Crippen LogP contribution >= 0.6 is 11.3 Å². The molecule has 1 unspecified atom stereocenters. The number of benzene rings is 1. The largest absolute Gasteiger partial charge is 0.503 e. The number of aromatic nitrogens is 1. The number of aryl methyl sites for hydroxylation is 2. The number of nitro benzene ring substituents is 1. The van der Waals surface area contributed by atoms with Crippen LogP contribution in [0.5, 0.6) is 0 Å². The first-order chi connectivity index (χ1) is 13.8. The zero-order chi connectivity index (χ0) is 21.3. The molecule has 1 aromatic carbocycles. The number of nitrogens with zero attached hydrogens (tertiary/aromatic N) is 3. The molecule has 152 valence electrons. The van der Waals surface area contributed by atoms with Crippen LogP contribution in [-0.2, 0) is 9.53 Å². The third-order valence-electron chi connectivity index (χ3n) is 4.59. The number of thiazole rings is 1. The SMILES string of the molecule is COCCN1C(=O)C(O)=C(C(=O)c2sc(C)nc2C)C1c1cccc([N+](=O)[O-])c1. The molecule has 0 spiro atoms. The van der Waals surface area contributed by atoms with Gasteiger partial charge < -0.3 is 14.7 Å². The Morgan fingerprint density at radius 3 is 2.72 bits per heavy atom. The topological polar surface area (TPSA) is 123 Å². The number of aliphatic hydroxyl groups excluding tert-OH is 1. The Hall–Kier alpha value is -3.11. The summed E-state index contributed by atoms with van der Waals surface area (Å²) in [5.74, 6) is -1.90. The van der Waals surface area contributed by atoms with Crippen molar-refractivity contribution in [3.05, 3.63) is 66.9 Å². The van der Waals surface area contributed by atoms with Crippen molar-refractivity contribution < 1.29 is 24.4 Å². The van der Waals surface area contributed by atoms with Crippen LogP contribution in [-0.4, -0.2) is 51.9 Å². The van der Waals surface area contributed by atoms with E-state index in [9.17, 15) is 24.8 Å². The summed E-state index contributed by atoms with van der Waals surface area (Å²) in [6.45, 7) is 3.70. The lowest BCUT2D eigenvalue weighted by Crippen LogP contribution is -2.34. The number of amides is 1. The van der Waals surface area contributed by atoms with Crippen LogP contribution in [0.2, 0.25) is 0 Å². The van der Waals surface area contributed by atoms with Crippen molar-refractivity contribution in [3.63, 3.8) is 0 Å². The Labute approximate surface area is 170 Å². The molecular weight excluding hydrogens is 398 g/mol. The van der Waals surface area contributed by atoms with Crippen LogP contribution in [0.25, 0.3) is 0 Å². The normalized spacial score (nSPS) is 16.6. The van der Waals surface area contributed by atoms with E-state index in [4.69, 9.17) is 4.74 Å². The quantitative estimate of drug-likeness (QED) is 0.417. The van der Waals surface area contributed by atoms with Crippen molar-refractivity contribution in [1.29, 1.82) is 0 Å². The molecule has 9 nitrogen and oxygen atoms in total. The number of hydrogen-bond donors (Lipinski definition) is 1. The van der Waals surface area contributed by atoms with Gasteiger partial charge in [0.25, 0.3) is 11.6 Å². The van der Waals surface area contributed by atoms with Crippen LogP contribution in [0.1, 0.15) is 32.0 Å². The third-order valence-corrected chi connectivity index (χ3v) is 5.66. The van der Waals surface area contributed by atoms with Gasteiger partial charge in [-0.15, -0.1) is 11.3 Å². The van der Waals surface area contributed by atoms with Crippen LogP contribution in [0.15, 0.2) is 35.6 Å². The predicted molar refractivity (Wildman–Crippen MR) is 105 cm³/mol. The summed E-state index contributed by atoms with van der Waals surface area (Å²) in [5, 5.41) is 22.4. The van der Waals surface area contributed by atoms with E-state index >= 15 is 0 Å². The standard InChI is InChI=1S/C19H19N3O6S/c1-10-18(29-11(2)20-10)16(23)14-15(12-5-4-6-13(9-12)22(26)27)21(7-8-28-3)19(25)17(14)24/h4-6,9,15,24H,7-8H2,1-3H3. The summed E-state index contributed by atoms with van der Waals surface area (Å²) in [4.78, 5) is 42.5. The molecule has 1 atom stereocenters. The molecular formula is C19H19N3O6S. The van der Waals surface area contributed by atoms with Gasteiger partial charge >= 0.3 is 0 Å². The smallest absolute Gasteiger partial charge is 0.290 e. The number of carbonyl (C=O) groups is 2. The summed E-state index contributed by atoms with van der Waals surface area (Å²) in [6, 6.07) is 4.72. The van der Waals surface area contributed by atoms with E-state index < -0.39 is 28.4 Å². The Kier molecular flexibility index (Phi) is 5.76. The van der Waals surface area contributed by atoms with Gasteiger partial charge in [0.1, 0.15) is 0 Å². The second-order valence-electron chi connectivity index (χ2n) is 6.48. The minimum absolute atomic E-state index is 0.101. The Morgan fingerprint density at radius 1 is 1.41 bits per heavy atom. The van der Waals surface area contributed by atoms with Crippen LogP contribution < -0.4 is 0 Å². The van der Waals surface area contributed by atoms with Crippen molar-refractivity contribution in [1.82, 2.24) is 9.88 Å². The molecule has 0 radical (unpaired) electrons. The molecule has 1 aliphatic rings. The van der Waals surface area contributed by atoms with E-state index in [1.165, 1.54) is 41.5 Å². The summed E-state index contributed by atoms with van der Waals surface area (Å²) in [7, 11) is 1.46. The number of hydrogen-bond acceptors (Lipinski definition) is 8. The number of carbonyl (C=O) groups excluding carboxylic acids is 2. The third kappa shape index (κ3) is 3.76. The summed E-state index contributed by atoms with van der Waals surface area (Å²) < 4.78 is 5.04. The van der Waals surface area contributed by atoms with Crippen LogP contribution in [0.3, 0.4) is 0 Å². The molecule has 0 saturated carbocycles. The lowest BCUT2D eigenvalue weighted by molar-refractivity contribution is -0.384. The first-order valence-corrected chi connectivity index (χ1v) is 9.54. The fourth-order valence-corrected chi connectivity index (χ4v) is 4.20. The Morgan fingerprint density at radius 2 is 2.14 bits per heavy atom. The van der Waals surface area contributed by atoms with E-state index in [2.05, 4.69) is 4.98 Å². The zero-order valence-electron chi connectivity index (χ0n) is 16.0. The lowest BCUT2D eigenvalue weighted by Gasteiger charge is -2.26. The van der Waals surface area contributed by atoms with Crippen LogP contribution in [0, 0.1) is 24.0 Å². The highest BCUT2D eigenvalue weighted by molar-refractivity contribution is 7.14. The second-order valence-corrected chi connectivity index (χ2v) is 7.69. The fraction of sp³-hybridized carbons (Fsp3) is 0.316. The number of methoxy groups -OCH3 is 1. The van der Waals surface area contributed by atoms with Crippen LogP contribution in [0.4, 0.5) is 5.69 Å². The number of Topliss-reactive ketones (excluding diaryl/α,β-unsaturated/α-hetero) is 1. The van der Waals surface area contributed by atoms with Crippen molar-refractivity contribution >= 4 is 28.7 Å². The van der Waals surface area contributed by atoms with E-state index in [0.29, 0.717) is 21.1 Å². The Bertz CT molecular complexity index is 1030. The summed E-state index contributed by atoms with van der Waals surface area (Å²) in [6.07, 6.45) is 0. The number of nitro groups is 1. The monoisotopic (exact) mass is 417 g/mol. The minimum atomic E-state index is -0.966. The van der Waals surface area contributed by atoms with Gasteiger partial charge in [-0.05, 0) is 19.4 Å². The summed E-state index contributed by atoms with van der Waals surface area (Å²) in [5.41, 5.74) is 0.566. The maximum absolute atomic E-state index is 13.3. The lowest BCUT2D eigenvalue weighted by atomic mass is 9.94. The van der Waals surface area contributed by atoms with Gasteiger partial charge in [0.15, 0.2) is 5.76 Å².